The molecule has 0 spiro atoms. The standard InChI is InChI=1S/C34H52O9S/c1-21-8-11-28(12-9-21)44(38,39)20-29-32(43-33(34(29)40-5)17-25(37)19-36)18-31-24(4)22(2)15-27(42-31)10-13-30-23(3)16-26(41-30)7-6-14-35/h8-9,11-12,22,25-27,29-37H,3-4,6-7,10,13-20H2,1-2,5H3/t22-,25+,26+,27+,29+,30+,31-,32+,33-,34-/m1/s1. The second-order valence-electron chi connectivity index (χ2n) is 13.0. The molecular formula is C34H52O9S. The first kappa shape index (κ1) is 35.2. The Morgan fingerprint density at radius 1 is 1.00 bits per heavy atom. The average molecular weight is 637 g/mol. The summed E-state index contributed by atoms with van der Waals surface area (Å²) in [6.07, 6.45) is 2.39. The number of hydrogen-bond donors (Lipinski definition) is 3. The van der Waals surface area contributed by atoms with Gasteiger partial charge in [0.2, 0.25) is 0 Å². The number of methoxy groups -OCH3 is 1. The van der Waals surface area contributed by atoms with Crippen molar-refractivity contribution in [3.05, 3.63) is 54.1 Å². The van der Waals surface area contributed by atoms with Crippen molar-refractivity contribution in [2.45, 2.75) is 119 Å². The average Bonchev–Trinajstić information content (AvgIpc) is 3.50. The van der Waals surface area contributed by atoms with E-state index >= 15 is 0 Å². The molecule has 3 fully saturated rings. The van der Waals surface area contributed by atoms with E-state index in [4.69, 9.17) is 24.1 Å². The van der Waals surface area contributed by atoms with Crippen LogP contribution in [0.3, 0.4) is 0 Å². The molecule has 3 aliphatic heterocycles. The van der Waals surface area contributed by atoms with Gasteiger partial charge in [-0.05, 0) is 74.6 Å². The van der Waals surface area contributed by atoms with Crippen molar-refractivity contribution in [1.82, 2.24) is 0 Å². The molecule has 0 aromatic heterocycles. The zero-order valence-corrected chi connectivity index (χ0v) is 27.3. The van der Waals surface area contributed by atoms with Crippen molar-refractivity contribution in [2.75, 3.05) is 26.1 Å². The largest absolute Gasteiger partial charge is 0.396 e. The topological polar surface area (TPSA) is 132 Å². The first-order valence-corrected chi connectivity index (χ1v) is 17.7. The minimum absolute atomic E-state index is 0.0168. The highest BCUT2D eigenvalue weighted by molar-refractivity contribution is 7.91. The number of sulfone groups is 1. The van der Waals surface area contributed by atoms with Crippen LogP contribution < -0.4 is 0 Å². The van der Waals surface area contributed by atoms with Gasteiger partial charge in [-0.15, -0.1) is 0 Å². The predicted octanol–water partition coefficient (Wildman–Crippen LogP) is 3.92. The molecule has 3 aliphatic rings. The Balaban J connectivity index is 1.47. The highest BCUT2D eigenvalue weighted by atomic mass is 32.2. The molecule has 0 radical (unpaired) electrons. The van der Waals surface area contributed by atoms with Gasteiger partial charge in [-0.25, -0.2) is 8.42 Å². The van der Waals surface area contributed by atoms with Crippen LogP contribution in [-0.4, -0.2) is 98.6 Å². The van der Waals surface area contributed by atoms with E-state index in [0.717, 1.165) is 55.2 Å². The van der Waals surface area contributed by atoms with E-state index in [1.54, 1.807) is 24.3 Å². The predicted molar refractivity (Wildman–Crippen MR) is 168 cm³/mol. The lowest BCUT2D eigenvalue weighted by atomic mass is 9.83. The summed E-state index contributed by atoms with van der Waals surface area (Å²) in [4.78, 5) is 0.247. The number of aliphatic hydroxyl groups is 3. The molecule has 1 aromatic rings. The van der Waals surface area contributed by atoms with E-state index < -0.39 is 46.8 Å². The van der Waals surface area contributed by atoms with Crippen LogP contribution in [0.15, 0.2) is 53.5 Å². The maximum absolute atomic E-state index is 13.6. The van der Waals surface area contributed by atoms with E-state index in [1.165, 1.54) is 7.11 Å². The van der Waals surface area contributed by atoms with Gasteiger partial charge in [0.05, 0.1) is 66.1 Å². The third-order valence-electron chi connectivity index (χ3n) is 9.60. The molecule has 0 amide bonds. The number of aliphatic hydroxyl groups excluding tert-OH is 3. The molecule has 0 bridgehead atoms. The summed E-state index contributed by atoms with van der Waals surface area (Å²) in [5.74, 6) is -0.479. The zero-order valence-electron chi connectivity index (χ0n) is 26.5. The van der Waals surface area contributed by atoms with Gasteiger partial charge in [0.15, 0.2) is 9.84 Å². The van der Waals surface area contributed by atoms with E-state index in [-0.39, 0.29) is 54.0 Å². The van der Waals surface area contributed by atoms with E-state index in [2.05, 4.69) is 20.1 Å². The highest BCUT2D eigenvalue weighted by Crippen LogP contribution is 2.41. The van der Waals surface area contributed by atoms with Crippen LogP contribution in [0.2, 0.25) is 0 Å². The Morgan fingerprint density at radius 3 is 2.36 bits per heavy atom. The van der Waals surface area contributed by atoms with Crippen LogP contribution in [0.25, 0.3) is 0 Å². The van der Waals surface area contributed by atoms with Gasteiger partial charge in [0.25, 0.3) is 0 Å². The molecule has 3 heterocycles. The first-order chi connectivity index (χ1) is 20.9. The summed E-state index contributed by atoms with van der Waals surface area (Å²) in [7, 11) is -2.15. The monoisotopic (exact) mass is 636 g/mol. The van der Waals surface area contributed by atoms with E-state index in [1.807, 2.05) is 6.92 Å². The fraction of sp³-hybridized carbons (Fsp3) is 0.706. The molecule has 1 aromatic carbocycles. The maximum Gasteiger partial charge on any atom is 0.178 e. The van der Waals surface area contributed by atoms with Crippen molar-refractivity contribution in [2.24, 2.45) is 11.8 Å². The molecule has 0 unspecified atom stereocenters. The van der Waals surface area contributed by atoms with Crippen molar-refractivity contribution >= 4 is 9.84 Å². The molecule has 0 aliphatic carbocycles. The van der Waals surface area contributed by atoms with E-state index in [0.29, 0.717) is 6.42 Å². The van der Waals surface area contributed by atoms with Crippen molar-refractivity contribution in [1.29, 1.82) is 0 Å². The fourth-order valence-corrected chi connectivity index (χ4v) is 8.67. The quantitative estimate of drug-likeness (QED) is 0.245. The third-order valence-corrected chi connectivity index (χ3v) is 11.4. The van der Waals surface area contributed by atoms with Gasteiger partial charge in [-0.3, -0.25) is 0 Å². The number of hydrogen-bond acceptors (Lipinski definition) is 9. The van der Waals surface area contributed by atoms with Crippen molar-refractivity contribution in [3.63, 3.8) is 0 Å². The summed E-state index contributed by atoms with van der Waals surface area (Å²) in [5, 5.41) is 28.9. The Morgan fingerprint density at radius 2 is 1.70 bits per heavy atom. The lowest BCUT2D eigenvalue weighted by molar-refractivity contribution is -0.0790. The maximum atomic E-state index is 13.6. The van der Waals surface area contributed by atoms with Crippen LogP contribution >= 0.6 is 0 Å². The molecule has 248 valence electrons. The summed E-state index contributed by atoms with van der Waals surface area (Å²) < 4.78 is 52.3. The second kappa shape index (κ2) is 15.8. The fourth-order valence-electron chi connectivity index (χ4n) is 7.02. The normalized spacial score (nSPS) is 33.6. The first-order valence-electron chi connectivity index (χ1n) is 16.0. The van der Waals surface area contributed by atoms with Crippen molar-refractivity contribution < 1.29 is 42.7 Å². The molecule has 44 heavy (non-hydrogen) atoms. The summed E-state index contributed by atoms with van der Waals surface area (Å²) in [5.41, 5.74) is 3.03. The molecule has 3 N–H and O–H groups in total. The van der Waals surface area contributed by atoms with Crippen LogP contribution in [0, 0.1) is 18.8 Å². The smallest absolute Gasteiger partial charge is 0.178 e. The third kappa shape index (κ3) is 8.79. The molecular weight excluding hydrogens is 584 g/mol. The lowest BCUT2D eigenvalue weighted by Crippen LogP contribution is -2.40. The highest BCUT2D eigenvalue weighted by Gasteiger charge is 2.49. The molecule has 10 heteroatoms. The van der Waals surface area contributed by atoms with Gasteiger partial charge in [-0.1, -0.05) is 37.8 Å². The Kier molecular flexibility index (Phi) is 12.6. The minimum Gasteiger partial charge on any atom is -0.396 e. The van der Waals surface area contributed by atoms with Crippen LogP contribution in [0.4, 0.5) is 0 Å². The number of ether oxygens (including phenoxy) is 4. The second-order valence-corrected chi connectivity index (χ2v) is 15.0. The van der Waals surface area contributed by atoms with Gasteiger partial charge in [-0.2, -0.15) is 0 Å². The molecule has 9 nitrogen and oxygen atoms in total. The van der Waals surface area contributed by atoms with Gasteiger partial charge < -0.3 is 34.3 Å². The Hall–Kier alpha value is -1.63. The van der Waals surface area contributed by atoms with Gasteiger partial charge >= 0.3 is 0 Å². The molecule has 3 saturated heterocycles. The Bertz CT molecular complexity index is 1200. The summed E-state index contributed by atoms with van der Waals surface area (Å²) >= 11 is 0. The summed E-state index contributed by atoms with van der Waals surface area (Å²) in [6.45, 7) is 12.4. The number of rotatable bonds is 15. The molecule has 4 rings (SSSR count). The van der Waals surface area contributed by atoms with E-state index in [9.17, 15) is 18.6 Å². The Labute approximate surface area is 263 Å². The lowest BCUT2D eigenvalue weighted by Gasteiger charge is -2.38. The van der Waals surface area contributed by atoms with Gasteiger partial charge in [0, 0.05) is 32.5 Å². The molecule has 0 saturated carbocycles. The molecule has 10 atom stereocenters. The zero-order chi connectivity index (χ0) is 32.0. The summed E-state index contributed by atoms with van der Waals surface area (Å²) in [6, 6.07) is 6.82. The van der Waals surface area contributed by atoms with Gasteiger partial charge in [0.1, 0.15) is 0 Å². The van der Waals surface area contributed by atoms with Crippen LogP contribution in [-0.2, 0) is 28.8 Å². The minimum atomic E-state index is -3.67. The van der Waals surface area contributed by atoms with Crippen molar-refractivity contribution in [3.8, 4) is 0 Å². The van der Waals surface area contributed by atoms with Crippen LogP contribution in [0.5, 0.6) is 0 Å². The van der Waals surface area contributed by atoms with Crippen LogP contribution in [0.1, 0.15) is 63.9 Å². The number of aryl methyl sites for hydroxylation is 1. The SMILES string of the molecule is C=C1C[C@H](CCCO)O[C@H]1CC[C@H]1C[C@@H](C)C(=C)[C@@H](C[C@@H]2O[C@H](C[C@H](O)CO)[C@H](OC)[C@H]2CS(=O)(=O)c2ccc(C)cc2)O1. The number of benzene rings is 1.